The first-order chi connectivity index (χ1) is 11.2. The number of rotatable bonds is 6. The Hall–Kier alpha value is -2.58. The minimum atomic E-state index is -4.36. The summed E-state index contributed by atoms with van der Waals surface area (Å²) in [5, 5.41) is 18.2. The van der Waals surface area contributed by atoms with Gasteiger partial charge in [-0.25, -0.2) is 4.68 Å². The van der Waals surface area contributed by atoms with Gasteiger partial charge in [0.1, 0.15) is 5.69 Å². The molecule has 0 radical (unpaired) electrons. The molecule has 0 aliphatic rings. The second kappa shape index (κ2) is 6.90. The van der Waals surface area contributed by atoms with E-state index in [0.717, 1.165) is 12.1 Å². The van der Waals surface area contributed by atoms with E-state index in [1.165, 1.54) is 16.8 Å². The Bertz CT molecular complexity index is 724. The van der Waals surface area contributed by atoms with E-state index in [0.29, 0.717) is 36.5 Å². The Labute approximate surface area is 136 Å². The fourth-order valence-electron chi connectivity index (χ4n) is 2.38. The van der Waals surface area contributed by atoms with Crippen LogP contribution in [0.1, 0.15) is 23.7 Å². The van der Waals surface area contributed by atoms with Gasteiger partial charge in [-0.3, -0.25) is 10.1 Å². The van der Waals surface area contributed by atoms with Crippen molar-refractivity contribution in [1.29, 1.82) is 0 Å². The molecule has 24 heavy (non-hydrogen) atoms. The van der Waals surface area contributed by atoms with Crippen LogP contribution < -0.4 is 5.32 Å². The summed E-state index contributed by atoms with van der Waals surface area (Å²) in [5.41, 5.74) is 0.331. The fourth-order valence-corrected chi connectivity index (χ4v) is 2.38. The summed E-state index contributed by atoms with van der Waals surface area (Å²) < 4.78 is 38.9. The van der Waals surface area contributed by atoms with Crippen molar-refractivity contribution in [2.24, 2.45) is 7.05 Å². The molecule has 0 aliphatic carbocycles. The number of nitro groups is 1. The van der Waals surface area contributed by atoms with E-state index in [4.69, 9.17) is 0 Å². The number of halogens is 3. The first-order valence-corrected chi connectivity index (χ1v) is 7.34. The lowest BCUT2D eigenvalue weighted by Gasteiger charge is -2.09. The molecular weight excluding hydrogens is 325 g/mol. The van der Waals surface area contributed by atoms with Crippen molar-refractivity contribution in [3.8, 4) is 0 Å². The summed E-state index contributed by atoms with van der Waals surface area (Å²) in [5.74, 6) is 0.295. The van der Waals surface area contributed by atoms with Gasteiger partial charge in [0.25, 0.3) is 0 Å². The van der Waals surface area contributed by atoms with E-state index in [1.807, 2.05) is 0 Å². The highest BCUT2D eigenvalue weighted by atomic mass is 19.4. The monoisotopic (exact) mass is 342 g/mol. The van der Waals surface area contributed by atoms with Crippen LogP contribution in [0.2, 0.25) is 0 Å². The van der Waals surface area contributed by atoms with Crippen LogP contribution in [0.5, 0.6) is 0 Å². The fraction of sp³-hybridized carbons (Fsp3) is 0.400. The van der Waals surface area contributed by atoms with Crippen molar-refractivity contribution < 1.29 is 18.1 Å². The van der Waals surface area contributed by atoms with Gasteiger partial charge in [-0.05, 0) is 30.5 Å². The van der Waals surface area contributed by atoms with Gasteiger partial charge in [-0.2, -0.15) is 18.3 Å². The zero-order valence-electron chi connectivity index (χ0n) is 13.2. The number of nitrogens with one attached hydrogen (secondary N) is 1. The minimum absolute atomic E-state index is 0.0626. The number of hydrogen-bond donors (Lipinski definition) is 1. The molecule has 0 amide bonds. The van der Waals surface area contributed by atoms with Gasteiger partial charge in [0.15, 0.2) is 0 Å². The van der Waals surface area contributed by atoms with Crippen molar-refractivity contribution >= 4 is 11.5 Å². The van der Waals surface area contributed by atoms with Crippen LogP contribution in [0.3, 0.4) is 0 Å². The van der Waals surface area contributed by atoms with E-state index >= 15 is 0 Å². The number of aromatic nitrogens is 2. The molecule has 1 heterocycles. The smallest absolute Gasteiger partial charge is 0.364 e. The molecule has 0 saturated heterocycles. The van der Waals surface area contributed by atoms with Crippen LogP contribution in [0.15, 0.2) is 24.3 Å². The Balaban J connectivity index is 2.05. The van der Waals surface area contributed by atoms with Crippen LogP contribution in [0.4, 0.5) is 24.7 Å². The van der Waals surface area contributed by atoms with Crippen molar-refractivity contribution in [1.82, 2.24) is 9.78 Å². The maximum absolute atomic E-state index is 12.5. The molecule has 1 aromatic heterocycles. The Morgan fingerprint density at radius 3 is 2.42 bits per heavy atom. The number of nitrogens with zero attached hydrogens (tertiary/aromatic N) is 3. The summed E-state index contributed by atoms with van der Waals surface area (Å²) >= 11 is 0. The third kappa shape index (κ3) is 3.84. The molecule has 0 bridgehead atoms. The van der Waals surface area contributed by atoms with Crippen molar-refractivity contribution in [2.75, 3.05) is 11.9 Å². The van der Waals surface area contributed by atoms with E-state index in [2.05, 4.69) is 10.4 Å². The molecule has 6 nitrogen and oxygen atoms in total. The average molecular weight is 342 g/mol. The quantitative estimate of drug-likeness (QED) is 0.643. The van der Waals surface area contributed by atoms with E-state index in [-0.39, 0.29) is 5.69 Å². The molecule has 1 N–H and O–H groups in total. The maximum atomic E-state index is 12.5. The Morgan fingerprint density at radius 1 is 1.29 bits per heavy atom. The number of hydrogen-bond acceptors (Lipinski definition) is 4. The summed E-state index contributed by atoms with van der Waals surface area (Å²) in [6, 6.07) is 4.85. The van der Waals surface area contributed by atoms with Gasteiger partial charge < -0.3 is 5.32 Å². The van der Waals surface area contributed by atoms with Crippen LogP contribution in [-0.2, 0) is 26.1 Å². The Morgan fingerprint density at radius 2 is 1.92 bits per heavy atom. The lowest BCUT2D eigenvalue weighted by Crippen LogP contribution is -2.10. The highest BCUT2D eigenvalue weighted by Gasteiger charge is 2.30. The number of benzene rings is 1. The first-order valence-electron chi connectivity index (χ1n) is 7.34. The first kappa shape index (κ1) is 17.8. The summed E-state index contributed by atoms with van der Waals surface area (Å²) in [4.78, 5) is 10.7. The van der Waals surface area contributed by atoms with E-state index in [9.17, 15) is 23.3 Å². The Kier molecular flexibility index (Phi) is 5.10. The van der Waals surface area contributed by atoms with E-state index < -0.39 is 16.7 Å². The van der Waals surface area contributed by atoms with Gasteiger partial charge >= 0.3 is 11.9 Å². The zero-order valence-corrected chi connectivity index (χ0v) is 13.2. The van der Waals surface area contributed by atoms with Crippen LogP contribution >= 0.6 is 0 Å². The minimum Gasteiger partial charge on any atom is -0.364 e. The van der Waals surface area contributed by atoms with Gasteiger partial charge in [-0.1, -0.05) is 19.1 Å². The lowest BCUT2D eigenvalue weighted by atomic mass is 10.1. The number of aryl methyl sites for hydroxylation is 2. The number of anilines is 1. The predicted molar refractivity (Wildman–Crippen MR) is 82.9 cm³/mol. The SMILES string of the molecule is CCc1nn(C)c(NCCc2ccc(C(F)(F)F)cc2)c1[N+](=O)[O-]. The van der Waals surface area contributed by atoms with Gasteiger partial charge in [0.05, 0.1) is 10.5 Å². The zero-order chi connectivity index (χ0) is 17.9. The molecule has 0 saturated carbocycles. The number of alkyl halides is 3. The van der Waals surface area contributed by atoms with Gasteiger partial charge in [0, 0.05) is 13.6 Å². The molecule has 1 aromatic carbocycles. The molecule has 0 unspecified atom stereocenters. The highest BCUT2D eigenvalue weighted by molar-refractivity contribution is 5.59. The van der Waals surface area contributed by atoms with Gasteiger partial charge in [-0.15, -0.1) is 0 Å². The summed E-state index contributed by atoms with van der Waals surface area (Å²) in [6.07, 6.45) is -3.49. The molecule has 0 fully saturated rings. The largest absolute Gasteiger partial charge is 0.416 e. The van der Waals surface area contributed by atoms with Crippen molar-refractivity contribution in [3.05, 3.63) is 51.2 Å². The molecule has 0 aliphatic heterocycles. The predicted octanol–water partition coefficient (Wildman–Crippen LogP) is 3.56. The normalized spacial score (nSPS) is 11.5. The van der Waals surface area contributed by atoms with Crippen LogP contribution in [0.25, 0.3) is 0 Å². The molecule has 2 rings (SSSR count). The third-order valence-corrected chi connectivity index (χ3v) is 3.60. The maximum Gasteiger partial charge on any atom is 0.416 e. The highest BCUT2D eigenvalue weighted by Crippen LogP contribution is 2.30. The third-order valence-electron chi connectivity index (χ3n) is 3.60. The topological polar surface area (TPSA) is 73.0 Å². The second-order valence-electron chi connectivity index (χ2n) is 5.25. The lowest BCUT2D eigenvalue weighted by molar-refractivity contribution is -0.384. The molecule has 0 atom stereocenters. The molecular formula is C15H17F3N4O2. The van der Waals surface area contributed by atoms with Gasteiger partial charge in [0.2, 0.25) is 5.82 Å². The van der Waals surface area contributed by atoms with Crippen LogP contribution in [0, 0.1) is 10.1 Å². The standard InChI is InChI=1S/C15H17F3N4O2/c1-3-12-13(22(23)24)14(21(2)20-12)19-9-8-10-4-6-11(7-5-10)15(16,17)18/h4-7,19H,3,8-9H2,1-2H3. The second-order valence-corrected chi connectivity index (χ2v) is 5.25. The average Bonchev–Trinajstić information content (AvgIpc) is 2.83. The summed E-state index contributed by atoms with van der Waals surface area (Å²) in [7, 11) is 1.60. The summed E-state index contributed by atoms with van der Waals surface area (Å²) in [6.45, 7) is 2.12. The van der Waals surface area contributed by atoms with Crippen molar-refractivity contribution in [2.45, 2.75) is 25.9 Å². The van der Waals surface area contributed by atoms with Crippen molar-refractivity contribution in [3.63, 3.8) is 0 Å². The molecule has 2 aromatic rings. The molecule has 130 valence electrons. The van der Waals surface area contributed by atoms with Crippen LogP contribution in [-0.4, -0.2) is 21.2 Å². The van der Waals surface area contributed by atoms with E-state index in [1.54, 1.807) is 14.0 Å². The molecule has 9 heteroatoms. The molecule has 0 spiro atoms.